The number of hydrogen-bond acceptors (Lipinski definition) is 7. The van der Waals surface area contributed by atoms with E-state index < -0.39 is 12.0 Å². The quantitative estimate of drug-likeness (QED) is 0.367. The number of aryl methyl sites for hydroxylation is 2. The number of aromatic nitrogens is 3. The molecule has 0 radical (unpaired) electrons. The SMILES string of the molecule is Cc1ccc(Oc2ccc(Nc3ncnc4ccc(C#CCNC(=O)[C@H](C)O)cc34)cc2C)cn1. The summed E-state index contributed by atoms with van der Waals surface area (Å²) >= 11 is 0. The molecule has 2 heterocycles. The van der Waals surface area contributed by atoms with Crippen molar-refractivity contribution in [1.82, 2.24) is 20.3 Å². The molecule has 0 bridgehead atoms. The Kier molecular flexibility index (Phi) is 7.19. The molecule has 8 heteroatoms. The van der Waals surface area contributed by atoms with Crippen molar-refractivity contribution in [2.24, 2.45) is 0 Å². The molecule has 0 aliphatic rings. The monoisotopic (exact) mass is 467 g/mol. The summed E-state index contributed by atoms with van der Waals surface area (Å²) in [4.78, 5) is 24.4. The fourth-order valence-corrected chi connectivity index (χ4v) is 3.28. The molecule has 1 amide bonds. The van der Waals surface area contributed by atoms with Gasteiger partial charge in [-0.1, -0.05) is 11.8 Å². The highest BCUT2D eigenvalue weighted by molar-refractivity contribution is 5.91. The summed E-state index contributed by atoms with van der Waals surface area (Å²) < 4.78 is 5.96. The fraction of sp³-hybridized carbons (Fsp3) is 0.185. The number of aliphatic hydroxyl groups excluding tert-OH is 1. The van der Waals surface area contributed by atoms with Crippen molar-refractivity contribution in [3.63, 3.8) is 0 Å². The molecule has 2 aromatic heterocycles. The zero-order valence-electron chi connectivity index (χ0n) is 19.7. The second-order valence-electron chi connectivity index (χ2n) is 7.99. The van der Waals surface area contributed by atoms with Crippen LogP contribution in [-0.4, -0.2) is 38.6 Å². The minimum Gasteiger partial charge on any atom is -0.455 e. The van der Waals surface area contributed by atoms with E-state index in [1.165, 1.54) is 13.3 Å². The predicted molar refractivity (Wildman–Crippen MR) is 135 cm³/mol. The third-order valence-electron chi connectivity index (χ3n) is 5.15. The van der Waals surface area contributed by atoms with Crippen molar-refractivity contribution in [3.8, 4) is 23.3 Å². The lowest BCUT2D eigenvalue weighted by molar-refractivity contribution is -0.128. The van der Waals surface area contributed by atoms with E-state index in [0.29, 0.717) is 11.6 Å². The minimum absolute atomic E-state index is 0.143. The van der Waals surface area contributed by atoms with E-state index in [1.807, 2.05) is 62.4 Å². The predicted octanol–water partition coefficient (Wildman–Crippen LogP) is 4.03. The molecule has 0 aliphatic heterocycles. The number of hydrogen-bond donors (Lipinski definition) is 3. The fourth-order valence-electron chi connectivity index (χ4n) is 3.28. The average molecular weight is 468 g/mol. The highest BCUT2D eigenvalue weighted by Gasteiger charge is 2.08. The number of amides is 1. The second-order valence-corrected chi connectivity index (χ2v) is 7.99. The maximum absolute atomic E-state index is 11.4. The molecule has 0 saturated carbocycles. The number of pyridine rings is 1. The Bertz CT molecular complexity index is 1420. The summed E-state index contributed by atoms with van der Waals surface area (Å²) in [5.74, 6) is 7.52. The number of aliphatic hydroxyl groups is 1. The molecular formula is C27H25N5O3. The van der Waals surface area contributed by atoms with Gasteiger partial charge in [0.25, 0.3) is 0 Å². The molecule has 176 valence electrons. The van der Waals surface area contributed by atoms with E-state index in [0.717, 1.165) is 39.2 Å². The summed E-state index contributed by atoms with van der Waals surface area (Å²) in [6.45, 7) is 5.46. The first kappa shape index (κ1) is 23.7. The maximum Gasteiger partial charge on any atom is 0.249 e. The van der Waals surface area contributed by atoms with Crippen LogP contribution in [0.3, 0.4) is 0 Å². The largest absolute Gasteiger partial charge is 0.455 e. The molecule has 8 nitrogen and oxygen atoms in total. The van der Waals surface area contributed by atoms with E-state index in [9.17, 15) is 9.90 Å². The first-order chi connectivity index (χ1) is 16.9. The number of nitrogens with one attached hydrogen (secondary N) is 2. The number of nitrogens with zero attached hydrogens (tertiary/aromatic N) is 3. The van der Waals surface area contributed by atoms with Crippen LogP contribution in [0.1, 0.15) is 23.7 Å². The molecule has 0 fully saturated rings. The Labute approximate surface area is 203 Å². The van der Waals surface area contributed by atoms with E-state index in [-0.39, 0.29) is 6.54 Å². The topological polar surface area (TPSA) is 109 Å². The minimum atomic E-state index is -1.06. The smallest absolute Gasteiger partial charge is 0.249 e. The molecule has 0 spiro atoms. The number of carbonyl (C=O) groups is 1. The lowest BCUT2D eigenvalue weighted by atomic mass is 10.1. The van der Waals surface area contributed by atoms with Crippen LogP contribution in [-0.2, 0) is 4.79 Å². The van der Waals surface area contributed by atoms with Crippen molar-refractivity contribution in [2.45, 2.75) is 26.9 Å². The number of anilines is 2. The van der Waals surface area contributed by atoms with Crippen LogP contribution in [0.25, 0.3) is 10.9 Å². The van der Waals surface area contributed by atoms with E-state index in [1.54, 1.807) is 6.20 Å². The van der Waals surface area contributed by atoms with Crippen molar-refractivity contribution < 1.29 is 14.6 Å². The molecule has 4 rings (SSSR count). The zero-order valence-corrected chi connectivity index (χ0v) is 19.7. The highest BCUT2D eigenvalue weighted by Crippen LogP contribution is 2.29. The number of fused-ring (bicyclic) bond motifs is 1. The van der Waals surface area contributed by atoms with E-state index in [2.05, 4.69) is 37.4 Å². The van der Waals surface area contributed by atoms with Gasteiger partial charge in [0.1, 0.15) is 29.7 Å². The van der Waals surface area contributed by atoms with Crippen LogP contribution < -0.4 is 15.4 Å². The first-order valence-electron chi connectivity index (χ1n) is 11.1. The van der Waals surface area contributed by atoms with Crippen LogP contribution in [0.2, 0.25) is 0 Å². The van der Waals surface area contributed by atoms with Crippen LogP contribution in [0.5, 0.6) is 11.5 Å². The molecule has 0 saturated heterocycles. The number of rotatable bonds is 6. The van der Waals surface area contributed by atoms with Gasteiger partial charge in [0.2, 0.25) is 5.91 Å². The average Bonchev–Trinajstić information content (AvgIpc) is 2.85. The van der Waals surface area contributed by atoms with Crippen LogP contribution >= 0.6 is 0 Å². The van der Waals surface area contributed by atoms with Gasteiger partial charge >= 0.3 is 0 Å². The molecule has 1 atom stereocenters. The van der Waals surface area contributed by atoms with Crippen molar-refractivity contribution in [3.05, 3.63) is 77.9 Å². The third-order valence-corrected chi connectivity index (χ3v) is 5.15. The van der Waals surface area contributed by atoms with Gasteiger partial charge < -0.3 is 20.5 Å². The Morgan fingerprint density at radius 2 is 1.94 bits per heavy atom. The molecule has 0 unspecified atom stereocenters. The van der Waals surface area contributed by atoms with Crippen LogP contribution in [0.4, 0.5) is 11.5 Å². The summed E-state index contributed by atoms with van der Waals surface area (Å²) in [6, 6.07) is 15.2. The summed E-state index contributed by atoms with van der Waals surface area (Å²) in [5, 5.41) is 15.9. The molecule has 2 aromatic carbocycles. The van der Waals surface area contributed by atoms with Crippen LogP contribution in [0, 0.1) is 25.7 Å². The Morgan fingerprint density at radius 3 is 2.69 bits per heavy atom. The Hall–Kier alpha value is -4.48. The van der Waals surface area contributed by atoms with E-state index in [4.69, 9.17) is 4.74 Å². The highest BCUT2D eigenvalue weighted by atomic mass is 16.5. The lowest BCUT2D eigenvalue weighted by Gasteiger charge is -2.12. The van der Waals surface area contributed by atoms with Gasteiger partial charge in [-0.2, -0.15) is 0 Å². The lowest BCUT2D eigenvalue weighted by Crippen LogP contribution is -2.32. The molecule has 4 aromatic rings. The van der Waals surface area contributed by atoms with Gasteiger partial charge in [0, 0.05) is 22.3 Å². The van der Waals surface area contributed by atoms with Crippen LogP contribution in [0.15, 0.2) is 61.1 Å². The standard InChI is InChI=1S/C27H25N5O3/c1-17-13-21(8-11-25(17)35-22-9-6-18(2)29-15-22)32-26-23-14-20(7-10-24(23)30-16-31-26)5-4-12-28-27(34)19(3)33/h6-11,13-16,19,33H,12H2,1-3H3,(H,28,34)(H,30,31,32)/t19-/m0/s1. The normalized spacial score (nSPS) is 11.3. The maximum atomic E-state index is 11.4. The Balaban J connectivity index is 1.51. The van der Waals surface area contributed by atoms with Crippen molar-refractivity contribution in [2.75, 3.05) is 11.9 Å². The van der Waals surface area contributed by atoms with Gasteiger partial charge in [-0.15, -0.1) is 0 Å². The Morgan fingerprint density at radius 1 is 1.09 bits per heavy atom. The van der Waals surface area contributed by atoms with Gasteiger partial charge in [0.15, 0.2) is 0 Å². The molecule has 35 heavy (non-hydrogen) atoms. The molecule has 0 aliphatic carbocycles. The number of carbonyl (C=O) groups excluding carboxylic acids is 1. The number of ether oxygens (including phenoxy) is 1. The zero-order chi connectivity index (χ0) is 24.8. The van der Waals surface area contributed by atoms with E-state index >= 15 is 0 Å². The van der Waals surface area contributed by atoms with Crippen molar-refractivity contribution >= 4 is 28.3 Å². The third kappa shape index (κ3) is 6.10. The second kappa shape index (κ2) is 10.6. The molecular weight excluding hydrogens is 442 g/mol. The van der Waals surface area contributed by atoms with Crippen molar-refractivity contribution in [1.29, 1.82) is 0 Å². The first-order valence-corrected chi connectivity index (χ1v) is 11.1. The van der Waals surface area contributed by atoms with Gasteiger partial charge in [0.05, 0.1) is 18.3 Å². The summed E-state index contributed by atoms with van der Waals surface area (Å²) in [7, 11) is 0. The summed E-state index contributed by atoms with van der Waals surface area (Å²) in [6.07, 6.45) is 2.15. The van der Waals surface area contributed by atoms with Gasteiger partial charge in [-0.3, -0.25) is 9.78 Å². The molecule has 3 N–H and O–H groups in total. The summed E-state index contributed by atoms with van der Waals surface area (Å²) in [5.41, 5.74) is 4.28. The van der Waals surface area contributed by atoms with Gasteiger partial charge in [-0.05, 0) is 74.9 Å². The van der Waals surface area contributed by atoms with Gasteiger partial charge in [-0.25, -0.2) is 9.97 Å². The number of benzene rings is 2.